The van der Waals surface area contributed by atoms with E-state index >= 15 is 0 Å². The minimum atomic E-state index is -4.18. The number of rotatable bonds is 6. The number of sulfonamides is 1. The Bertz CT molecular complexity index is 1280. The molecule has 1 amide bonds. The standard InChI is InChI=1S/C20H16FN3O6S/c1-12-2-5-15(10-17(12)21)22-20(26)13-3-6-14(7-4-13)23-31(29,30)16-8-9-19(25)18(11-16)24(27)28/h2-11,23,25H,1H3,(H,22,26). The molecule has 0 bridgehead atoms. The van der Waals surface area contributed by atoms with Crippen molar-refractivity contribution in [1.29, 1.82) is 0 Å². The van der Waals surface area contributed by atoms with Crippen LogP contribution in [0.4, 0.5) is 21.5 Å². The summed E-state index contributed by atoms with van der Waals surface area (Å²) in [6.45, 7) is 1.59. The van der Waals surface area contributed by atoms with Crippen LogP contribution in [-0.2, 0) is 10.0 Å². The second-order valence-electron chi connectivity index (χ2n) is 6.51. The number of anilines is 2. The Morgan fingerprint density at radius 2 is 1.68 bits per heavy atom. The number of hydrogen-bond donors (Lipinski definition) is 3. The van der Waals surface area contributed by atoms with Gasteiger partial charge in [-0.2, -0.15) is 0 Å². The fourth-order valence-electron chi connectivity index (χ4n) is 2.59. The molecule has 0 aliphatic heterocycles. The van der Waals surface area contributed by atoms with Crippen LogP contribution in [0.2, 0.25) is 0 Å². The molecule has 31 heavy (non-hydrogen) atoms. The van der Waals surface area contributed by atoms with Crippen molar-refractivity contribution in [2.75, 3.05) is 10.0 Å². The highest BCUT2D eigenvalue weighted by atomic mass is 32.2. The van der Waals surface area contributed by atoms with E-state index in [1.165, 1.54) is 36.4 Å². The minimum Gasteiger partial charge on any atom is -0.502 e. The van der Waals surface area contributed by atoms with Gasteiger partial charge in [0, 0.05) is 23.0 Å². The minimum absolute atomic E-state index is 0.105. The average molecular weight is 445 g/mol. The molecule has 0 saturated carbocycles. The first kappa shape index (κ1) is 21.7. The van der Waals surface area contributed by atoms with E-state index in [2.05, 4.69) is 10.0 Å². The third kappa shape index (κ3) is 4.95. The molecular formula is C20H16FN3O6S. The van der Waals surface area contributed by atoms with Crippen LogP contribution in [0.25, 0.3) is 0 Å². The van der Waals surface area contributed by atoms with Crippen LogP contribution in [0.1, 0.15) is 15.9 Å². The molecular weight excluding hydrogens is 429 g/mol. The Balaban J connectivity index is 1.75. The van der Waals surface area contributed by atoms with Gasteiger partial charge < -0.3 is 10.4 Å². The third-order valence-electron chi connectivity index (χ3n) is 4.28. The molecule has 0 radical (unpaired) electrons. The number of aromatic hydroxyl groups is 1. The number of carbonyl (C=O) groups is 1. The lowest BCUT2D eigenvalue weighted by Crippen LogP contribution is -2.14. The van der Waals surface area contributed by atoms with E-state index < -0.39 is 43.0 Å². The van der Waals surface area contributed by atoms with Crippen molar-refractivity contribution in [2.45, 2.75) is 11.8 Å². The number of halogens is 1. The molecule has 0 spiro atoms. The Labute approximate surface area is 176 Å². The molecule has 0 atom stereocenters. The maximum absolute atomic E-state index is 13.6. The number of carbonyl (C=O) groups excluding carboxylic acids is 1. The second-order valence-corrected chi connectivity index (χ2v) is 8.19. The number of hydrogen-bond acceptors (Lipinski definition) is 6. The number of benzene rings is 3. The number of nitrogens with one attached hydrogen (secondary N) is 2. The van der Waals surface area contributed by atoms with Crippen LogP contribution in [0.3, 0.4) is 0 Å². The molecule has 3 N–H and O–H groups in total. The van der Waals surface area contributed by atoms with Gasteiger partial charge in [0.15, 0.2) is 5.75 Å². The van der Waals surface area contributed by atoms with E-state index in [1.807, 2.05) is 0 Å². The largest absolute Gasteiger partial charge is 0.502 e. The van der Waals surface area contributed by atoms with E-state index in [4.69, 9.17) is 0 Å². The summed E-state index contributed by atoms with van der Waals surface area (Å²) in [5.74, 6) is -1.64. The van der Waals surface area contributed by atoms with Crippen molar-refractivity contribution < 1.29 is 27.6 Å². The lowest BCUT2D eigenvalue weighted by molar-refractivity contribution is -0.386. The molecule has 0 saturated heterocycles. The summed E-state index contributed by atoms with van der Waals surface area (Å²) >= 11 is 0. The number of nitrogens with zero attached hydrogens (tertiary/aromatic N) is 1. The van der Waals surface area contributed by atoms with Gasteiger partial charge >= 0.3 is 5.69 Å². The van der Waals surface area contributed by atoms with Crippen LogP contribution in [0, 0.1) is 22.9 Å². The number of nitro groups is 1. The summed E-state index contributed by atoms with van der Waals surface area (Å²) in [5, 5.41) is 22.9. The number of amides is 1. The number of phenols is 1. The molecule has 0 heterocycles. The molecule has 0 unspecified atom stereocenters. The van der Waals surface area contributed by atoms with Crippen molar-refractivity contribution in [2.24, 2.45) is 0 Å². The molecule has 11 heteroatoms. The van der Waals surface area contributed by atoms with E-state index in [9.17, 15) is 32.8 Å². The van der Waals surface area contributed by atoms with Crippen molar-refractivity contribution in [3.05, 3.63) is 87.7 Å². The van der Waals surface area contributed by atoms with Gasteiger partial charge in [-0.05, 0) is 61.0 Å². The first-order chi connectivity index (χ1) is 14.6. The molecule has 3 aromatic rings. The fraction of sp³-hybridized carbons (Fsp3) is 0.0500. The summed E-state index contributed by atoms with van der Waals surface area (Å²) < 4.78 is 40.8. The summed E-state index contributed by atoms with van der Waals surface area (Å²) in [4.78, 5) is 21.9. The zero-order valence-corrected chi connectivity index (χ0v) is 16.8. The van der Waals surface area contributed by atoms with Gasteiger partial charge in [-0.1, -0.05) is 6.07 Å². The summed E-state index contributed by atoms with van der Waals surface area (Å²) in [7, 11) is -4.18. The maximum atomic E-state index is 13.6. The highest BCUT2D eigenvalue weighted by Gasteiger charge is 2.21. The SMILES string of the molecule is Cc1ccc(NC(=O)c2ccc(NS(=O)(=O)c3ccc(O)c([N+](=O)[O-])c3)cc2)cc1F. The Hall–Kier alpha value is -3.99. The fourth-order valence-corrected chi connectivity index (χ4v) is 3.67. The summed E-state index contributed by atoms with van der Waals surface area (Å²) in [6.07, 6.45) is 0. The van der Waals surface area contributed by atoms with Gasteiger partial charge in [-0.15, -0.1) is 0 Å². The number of aryl methyl sites for hydroxylation is 1. The molecule has 0 aliphatic carbocycles. The van der Waals surface area contributed by atoms with Gasteiger partial charge in [0.05, 0.1) is 9.82 Å². The lowest BCUT2D eigenvalue weighted by atomic mass is 10.1. The highest BCUT2D eigenvalue weighted by Crippen LogP contribution is 2.29. The van der Waals surface area contributed by atoms with Crippen molar-refractivity contribution in [3.63, 3.8) is 0 Å². The van der Waals surface area contributed by atoms with E-state index in [0.717, 1.165) is 18.2 Å². The van der Waals surface area contributed by atoms with Gasteiger partial charge in [0.25, 0.3) is 15.9 Å². The second kappa shape index (κ2) is 8.40. The zero-order valence-electron chi connectivity index (χ0n) is 16.0. The molecule has 9 nitrogen and oxygen atoms in total. The predicted molar refractivity (Wildman–Crippen MR) is 111 cm³/mol. The predicted octanol–water partition coefficient (Wildman–Crippen LogP) is 3.80. The van der Waals surface area contributed by atoms with Crippen molar-refractivity contribution in [3.8, 4) is 5.75 Å². The van der Waals surface area contributed by atoms with Gasteiger partial charge in [-0.25, -0.2) is 12.8 Å². The first-order valence-corrected chi connectivity index (χ1v) is 10.2. The molecule has 0 aromatic heterocycles. The van der Waals surface area contributed by atoms with E-state index in [-0.39, 0.29) is 16.9 Å². The average Bonchev–Trinajstić information content (AvgIpc) is 2.71. The summed E-state index contributed by atoms with van der Waals surface area (Å²) in [5.41, 5.74) is 0.265. The number of phenolic OH excluding ortho intramolecular Hbond substituents is 1. The Morgan fingerprint density at radius 1 is 1.03 bits per heavy atom. The Kier molecular flexibility index (Phi) is 5.88. The monoisotopic (exact) mass is 445 g/mol. The zero-order chi connectivity index (χ0) is 22.8. The smallest absolute Gasteiger partial charge is 0.312 e. The van der Waals surface area contributed by atoms with Crippen LogP contribution >= 0.6 is 0 Å². The topological polar surface area (TPSA) is 139 Å². The molecule has 3 aromatic carbocycles. The quantitative estimate of drug-likeness (QED) is 0.390. The van der Waals surface area contributed by atoms with Crippen LogP contribution in [0.15, 0.2) is 65.6 Å². The van der Waals surface area contributed by atoms with Crippen LogP contribution in [0.5, 0.6) is 5.75 Å². The van der Waals surface area contributed by atoms with Gasteiger partial charge in [0.1, 0.15) is 5.82 Å². The van der Waals surface area contributed by atoms with Crippen LogP contribution in [-0.4, -0.2) is 24.4 Å². The highest BCUT2D eigenvalue weighted by molar-refractivity contribution is 7.92. The first-order valence-electron chi connectivity index (χ1n) is 8.74. The van der Waals surface area contributed by atoms with E-state index in [1.54, 1.807) is 13.0 Å². The number of nitro benzene ring substituents is 1. The third-order valence-corrected chi connectivity index (χ3v) is 5.66. The maximum Gasteiger partial charge on any atom is 0.312 e. The molecule has 160 valence electrons. The van der Waals surface area contributed by atoms with Gasteiger partial charge in [0.2, 0.25) is 0 Å². The summed E-state index contributed by atoms with van der Waals surface area (Å²) in [6, 6.07) is 12.3. The molecule has 3 rings (SSSR count). The molecule has 0 aliphatic rings. The lowest BCUT2D eigenvalue weighted by Gasteiger charge is -2.10. The molecule has 0 fully saturated rings. The van der Waals surface area contributed by atoms with Crippen LogP contribution < -0.4 is 10.0 Å². The van der Waals surface area contributed by atoms with E-state index in [0.29, 0.717) is 5.56 Å². The van der Waals surface area contributed by atoms with Crippen molar-refractivity contribution >= 4 is 33.0 Å². The Morgan fingerprint density at radius 3 is 2.29 bits per heavy atom. The van der Waals surface area contributed by atoms with Crippen molar-refractivity contribution in [1.82, 2.24) is 0 Å². The van der Waals surface area contributed by atoms with Gasteiger partial charge in [-0.3, -0.25) is 19.6 Å². The normalized spacial score (nSPS) is 11.0.